The number of carbonyl (C=O) groups is 2. The maximum absolute atomic E-state index is 14.1. The summed E-state index contributed by atoms with van der Waals surface area (Å²) in [6, 6.07) is 15.4. The van der Waals surface area contributed by atoms with E-state index in [9.17, 15) is 23.9 Å². The number of halogens is 3. The number of ether oxygens (including phenoxy) is 1. The van der Waals surface area contributed by atoms with E-state index in [1.54, 1.807) is 42.5 Å². The maximum atomic E-state index is 14.1. The zero-order valence-electron chi connectivity index (χ0n) is 17.5. The number of carbonyl (C=O) groups excluding carboxylic acids is 2. The van der Waals surface area contributed by atoms with Crippen LogP contribution in [0.3, 0.4) is 0 Å². The zero-order chi connectivity index (χ0) is 24.2. The lowest BCUT2D eigenvalue weighted by Crippen LogP contribution is -2.43. The fourth-order valence-electron chi connectivity index (χ4n) is 4.02. The number of imide groups is 1. The zero-order valence-corrected chi connectivity index (χ0v) is 18.3. The first-order chi connectivity index (χ1) is 16.4. The van der Waals surface area contributed by atoms with Gasteiger partial charge in [-0.15, -0.1) is 0 Å². The predicted octanol–water partition coefficient (Wildman–Crippen LogP) is 6.15. The molecule has 3 aromatic carbocycles. The number of hydrogen-bond acceptors (Lipinski definition) is 4. The van der Waals surface area contributed by atoms with Crippen molar-refractivity contribution in [2.24, 2.45) is 5.11 Å². The summed E-state index contributed by atoms with van der Waals surface area (Å²) < 4.78 is 33.4. The summed E-state index contributed by atoms with van der Waals surface area (Å²) in [7, 11) is 0. The lowest BCUT2D eigenvalue weighted by atomic mass is 9.84. The third kappa shape index (κ3) is 4.71. The van der Waals surface area contributed by atoms with Gasteiger partial charge in [0.2, 0.25) is 5.91 Å². The Kier molecular flexibility index (Phi) is 6.77. The molecule has 0 saturated carbocycles. The number of hydrogen-bond donors (Lipinski definition) is 0. The van der Waals surface area contributed by atoms with E-state index < -0.39 is 41.6 Å². The van der Waals surface area contributed by atoms with Crippen LogP contribution in [0.25, 0.3) is 10.4 Å². The van der Waals surface area contributed by atoms with Crippen LogP contribution in [0.1, 0.15) is 28.7 Å². The van der Waals surface area contributed by atoms with Gasteiger partial charge >= 0.3 is 6.09 Å². The summed E-state index contributed by atoms with van der Waals surface area (Å²) in [5, 5.41) is 4.06. The van der Waals surface area contributed by atoms with Crippen LogP contribution in [0.2, 0.25) is 5.02 Å². The maximum Gasteiger partial charge on any atom is 0.417 e. The van der Waals surface area contributed by atoms with E-state index in [1.165, 1.54) is 12.1 Å². The van der Waals surface area contributed by atoms with Crippen molar-refractivity contribution in [3.63, 3.8) is 0 Å². The van der Waals surface area contributed by atoms with Crippen molar-refractivity contribution in [3.05, 3.63) is 117 Å². The van der Waals surface area contributed by atoms with E-state index in [-0.39, 0.29) is 12.2 Å². The molecule has 1 fully saturated rings. The van der Waals surface area contributed by atoms with Gasteiger partial charge in [-0.1, -0.05) is 59.2 Å². The Morgan fingerprint density at radius 3 is 2.32 bits per heavy atom. The fraction of sp³-hybridized carbons (Fsp3) is 0.167. The van der Waals surface area contributed by atoms with E-state index >= 15 is 0 Å². The Hall–Kier alpha value is -3.94. The molecule has 172 valence electrons. The molecule has 0 N–H and O–H groups in total. The summed E-state index contributed by atoms with van der Waals surface area (Å²) in [6.45, 7) is -0.0855. The van der Waals surface area contributed by atoms with Crippen molar-refractivity contribution in [2.75, 3.05) is 6.61 Å². The van der Waals surface area contributed by atoms with Crippen molar-refractivity contribution >= 4 is 23.6 Å². The summed E-state index contributed by atoms with van der Waals surface area (Å²) in [6.07, 6.45) is -0.905. The summed E-state index contributed by atoms with van der Waals surface area (Å²) in [4.78, 5) is 29.9. The smallest absolute Gasteiger partial charge is 0.417 e. The van der Waals surface area contributed by atoms with Crippen LogP contribution < -0.4 is 0 Å². The number of amides is 2. The number of nitrogens with zero attached hydrogens (tertiary/aromatic N) is 4. The lowest BCUT2D eigenvalue weighted by Gasteiger charge is -2.28. The van der Waals surface area contributed by atoms with E-state index in [0.29, 0.717) is 22.2 Å². The van der Waals surface area contributed by atoms with Crippen LogP contribution in [0.4, 0.5) is 13.6 Å². The van der Waals surface area contributed by atoms with Gasteiger partial charge in [0.15, 0.2) is 0 Å². The van der Waals surface area contributed by atoms with Crippen molar-refractivity contribution in [1.29, 1.82) is 0 Å². The van der Waals surface area contributed by atoms with Crippen molar-refractivity contribution < 1.29 is 23.1 Å². The highest BCUT2D eigenvalue weighted by molar-refractivity contribution is 6.30. The topological polar surface area (TPSA) is 95.4 Å². The van der Waals surface area contributed by atoms with Gasteiger partial charge in [0.25, 0.3) is 0 Å². The first-order valence-electron chi connectivity index (χ1n) is 10.2. The molecule has 4 rings (SSSR count). The predicted molar refractivity (Wildman–Crippen MR) is 120 cm³/mol. The Morgan fingerprint density at radius 1 is 1.06 bits per heavy atom. The van der Waals surface area contributed by atoms with Gasteiger partial charge in [0, 0.05) is 21.9 Å². The van der Waals surface area contributed by atoms with E-state index in [1.807, 2.05) is 0 Å². The SMILES string of the molecule is [N-]=[N+]=N[C@H](C(=O)N1C(=O)OC[C@@H]1c1ccccc1)[C@@H](c1ccc(Cl)cc1)c1cc(F)cc(F)c1. The van der Waals surface area contributed by atoms with Gasteiger partial charge in [-0.25, -0.2) is 18.5 Å². The summed E-state index contributed by atoms with van der Waals surface area (Å²) in [5.41, 5.74) is 10.4. The van der Waals surface area contributed by atoms with E-state index in [2.05, 4.69) is 10.0 Å². The highest BCUT2D eigenvalue weighted by Crippen LogP contribution is 2.36. The first-order valence-corrected chi connectivity index (χ1v) is 10.6. The highest BCUT2D eigenvalue weighted by atomic mass is 35.5. The lowest BCUT2D eigenvalue weighted by molar-refractivity contribution is -0.130. The molecule has 0 aromatic heterocycles. The molecule has 1 heterocycles. The molecule has 0 spiro atoms. The molecular formula is C24H17ClF2N4O3. The van der Waals surface area contributed by atoms with Crippen LogP contribution >= 0.6 is 11.6 Å². The molecule has 1 aliphatic rings. The first kappa shape index (κ1) is 23.2. The molecule has 34 heavy (non-hydrogen) atoms. The Bertz CT molecular complexity index is 1250. The van der Waals surface area contributed by atoms with Crippen molar-refractivity contribution in [2.45, 2.75) is 18.0 Å². The van der Waals surface area contributed by atoms with E-state index in [4.69, 9.17) is 16.3 Å². The number of rotatable bonds is 6. The van der Waals surface area contributed by atoms with E-state index in [0.717, 1.165) is 17.0 Å². The van der Waals surface area contributed by atoms with Crippen molar-refractivity contribution in [3.8, 4) is 0 Å². The molecule has 0 unspecified atom stereocenters. The van der Waals surface area contributed by atoms with Crippen LogP contribution in [0.15, 0.2) is 77.9 Å². The molecule has 1 saturated heterocycles. The molecule has 3 atom stereocenters. The molecule has 2 amide bonds. The third-order valence-corrected chi connectivity index (χ3v) is 5.76. The molecule has 0 radical (unpaired) electrons. The number of benzene rings is 3. The monoisotopic (exact) mass is 482 g/mol. The number of azide groups is 1. The second-order valence-electron chi connectivity index (χ2n) is 7.59. The van der Waals surface area contributed by atoms with Crippen LogP contribution in [-0.2, 0) is 9.53 Å². The van der Waals surface area contributed by atoms with Crippen LogP contribution in [0.5, 0.6) is 0 Å². The summed E-state index contributed by atoms with van der Waals surface area (Å²) in [5.74, 6) is -3.72. The fourth-order valence-corrected chi connectivity index (χ4v) is 4.15. The average molecular weight is 483 g/mol. The highest BCUT2D eigenvalue weighted by Gasteiger charge is 2.44. The minimum Gasteiger partial charge on any atom is -0.446 e. The van der Waals surface area contributed by atoms with Gasteiger partial charge < -0.3 is 4.74 Å². The quantitative estimate of drug-likeness (QED) is 0.239. The van der Waals surface area contributed by atoms with Gasteiger partial charge in [-0.2, -0.15) is 0 Å². The van der Waals surface area contributed by atoms with Crippen molar-refractivity contribution in [1.82, 2.24) is 4.90 Å². The molecule has 10 heteroatoms. The van der Waals surface area contributed by atoms with Gasteiger partial charge in [-0.3, -0.25) is 4.79 Å². The standard InChI is InChI=1S/C24H17ClF2N4O3/c25-17-8-6-15(7-9-17)21(16-10-18(26)12-19(27)11-16)22(29-30-28)23(32)31-20(13-34-24(31)33)14-4-2-1-3-5-14/h1-12,20-22H,13H2/t20-,21+,22+/m1/s1. The molecule has 1 aliphatic heterocycles. The summed E-state index contributed by atoms with van der Waals surface area (Å²) >= 11 is 5.99. The Labute approximate surface area is 198 Å². The normalized spacial score (nSPS) is 17.0. The molecule has 7 nitrogen and oxygen atoms in total. The van der Waals surface area contributed by atoms with Gasteiger partial charge in [-0.05, 0) is 46.5 Å². The molecule has 3 aromatic rings. The average Bonchev–Trinajstić information content (AvgIpc) is 3.21. The van der Waals surface area contributed by atoms with Crippen LogP contribution in [-0.4, -0.2) is 29.5 Å². The molecule has 0 aliphatic carbocycles. The Morgan fingerprint density at radius 2 is 1.71 bits per heavy atom. The van der Waals surface area contributed by atoms with Gasteiger partial charge in [0.1, 0.15) is 30.3 Å². The third-order valence-electron chi connectivity index (χ3n) is 5.51. The molecule has 0 bridgehead atoms. The Balaban J connectivity index is 1.83. The minimum atomic E-state index is -1.55. The number of cyclic esters (lactones) is 1. The van der Waals surface area contributed by atoms with Crippen LogP contribution in [0, 0.1) is 11.6 Å². The second-order valence-corrected chi connectivity index (χ2v) is 8.03. The second kappa shape index (κ2) is 9.91. The largest absolute Gasteiger partial charge is 0.446 e. The van der Waals surface area contributed by atoms with Gasteiger partial charge in [0.05, 0.1) is 0 Å². The minimum absolute atomic E-state index is 0.0504. The molecular weight excluding hydrogens is 466 g/mol.